The predicted molar refractivity (Wildman–Crippen MR) is 87.5 cm³/mol. The highest BCUT2D eigenvalue weighted by molar-refractivity contribution is 5.83. The Hall–Kier alpha value is -1.32. The molecular weight excluding hydrogens is 260 g/mol. The van der Waals surface area contributed by atoms with Crippen LogP contribution in [-0.2, 0) is 17.8 Å². The Morgan fingerprint density at radius 2 is 2.00 bits per heavy atom. The molecule has 0 saturated carbocycles. The number of rotatable bonds is 5. The molecule has 1 aromatic heterocycles. The molecule has 1 aromatic carbocycles. The molecule has 0 atom stereocenters. The lowest BCUT2D eigenvalue weighted by Crippen LogP contribution is -2.22. The molecular formula is C18H26N2O. The maximum absolute atomic E-state index is 5.48. The van der Waals surface area contributed by atoms with E-state index in [1.54, 1.807) is 0 Å². The fourth-order valence-corrected chi connectivity index (χ4v) is 3.14. The molecule has 1 fully saturated rings. The maximum Gasteiger partial charge on any atom is 0.0483 e. The Morgan fingerprint density at radius 3 is 2.76 bits per heavy atom. The molecule has 1 aliphatic rings. The van der Waals surface area contributed by atoms with Crippen molar-refractivity contribution in [3.8, 4) is 0 Å². The molecule has 0 radical (unpaired) electrons. The summed E-state index contributed by atoms with van der Waals surface area (Å²) in [4.78, 5) is 0. The van der Waals surface area contributed by atoms with Crippen LogP contribution >= 0.6 is 0 Å². The van der Waals surface area contributed by atoms with Crippen molar-refractivity contribution in [1.82, 2.24) is 9.88 Å². The topological polar surface area (TPSA) is 26.2 Å². The van der Waals surface area contributed by atoms with Crippen molar-refractivity contribution in [3.05, 3.63) is 36.0 Å². The number of fused-ring (bicyclic) bond motifs is 1. The highest BCUT2D eigenvalue weighted by Crippen LogP contribution is 2.25. The molecule has 0 bridgehead atoms. The third kappa shape index (κ3) is 3.47. The molecule has 0 unspecified atom stereocenters. The first-order valence-electron chi connectivity index (χ1n) is 8.12. The number of ether oxygens (including phenoxy) is 1. The first-order valence-corrected chi connectivity index (χ1v) is 8.12. The number of para-hydroxylation sites is 1. The average Bonchev–Trinajstić information content (AvgIpc) is 2.85. The van der Waals surface area contributed by atoms with Crippen molar-refractivity contribution >= 4 is 10.9 Å². The van der Waals surface area contributed by atoms with Gasteiger partial charge < -0.3 is 14.6 Å². The van der Waals surface area contributed by atoms with E-state index in [0.29, 0.717) is 6.04 Å². The quantitative estimate of drug-likeness (QED) is 0.909. The summed E-state index contributed by atoms with van der Waals surface area (Å²) in [6.45, 7) is 8.30. The van der Waals surface area contributed by atoms with Gasteiger partial charge >= 0.3 is 0 Å². The van der Waals surface area contributed by atoms with Crippen LogP contribution in [-0.4, -0.2) is 23.8 Å². The highest BCUT2D eigenvalue weighted by atomic mass is 16.5. The number of nitrogens with zero attached hydrogens (tertiary/aromatic N) is 1. The van der Waals surface area contributed by atoms with Gasteiger partial charge in [0.15, 0.2) is 0 Å². The van der Waals surface area contributed by atoms with E-state index in [0.717, 1.165) is 32.2 Å². The molecule has 3 nitrogen and oxygen atoms in total. The monoisotopic (exact) mass is 286 g/mol. The van der Waals surface area contributed by atoms with Crippen molar-refractivity contribution in [1.29, 1.82) is 0 Å². The number of aromatic nitrogens is 1. The van der Waals surface area contributed by atoms with Gasteiger partial charge in [0.05, 0.1) is 0 Å². The minimum atomic E-state index is 0.516. The summed E-state index contributed by atoms with van der Waals surface area (Å²) in [6.07, 6.45) is 4.72. The Kier molecular flexibility index (Phi) is 4.61. The third-order valence-electron chi connectivity index (χ3n) is 4.37. The normalized spacial score (nSPS) is 16.9. The molecule has 1 N–H and O–H groups in total. The molecule has 2 aromatic rings. The van der Waals surface area contributed by atoms with E-state index < -0.39 is 0 Å². The van der Waals surface area contributed by atoms with Gasteiger partial charge in [0, 0.05) is 49.4 Å². The molecule has 0 amide bonds. The molecule has 3 heteroatoms. The van der Waals surface area contributed by atoms with Crippen LogP contribution in [0.4, 0.5) is 0 Å². The standard InChI is InChI=1S/C18H26N2O/c1-14(2)19-11-16-13-20(12-15-7-9-21-10-8-15)18-6-4-3-5-17(16)18/h3-6,13-15,19H,7-12H2,1-2H3. The van der Waals surface area contributed by atoms with Gasteiger partial charge in [0.25, 0.3) is 0 Å². The largest absolute Gasteiger partial charge is 0.381 e. The summed E-state index contributed by atoms with van der Waals surface area (Å²) in [7, 11) is 0. The van der Waals surface area contributed by atoms with E-state index in [-0.39, 0.29) is 0 Å². The zero-order valence-corrected chi connectivity index (χ0v) is 13.1. The van der Waals surface area contributed by atoms with Crippen molar-refractivity contribution in [2.75, 3.05) is 13.2 Å². The van der Waals surface area contributed by atoms with Gasteiger partial charge in [-0.2, -0.15) is 0 Å². The minimum Gasteiger partial charge on any atom is -0.381 e. The van der Waals surface area contributed by atoms with Crippen LogP contribution in [0.3, 0.4) is 0 Å². The van der Waals surface area contributed by atoms with Crippen molar-refractivity contribution in [2.45, 2.75) is 45.8 Å². The van der Waals surface area contributed by atoms with Crippen LogP contribution in [0.2, 0.25) is 0 Å². The number of nitrogens with one attached hydrogen (secondary N) is 1. The Morgan fingerprint density at radius 1 is 1.24 bits per heavy atom. The maximum atomic E-state index is 5.48. The molecule has 2 heterocycles. The lowest BCUT2D eigenvalue weighted by atomic mass is 10.0. The molecule has 114 valence electrons. The minimum absolute atomic E-state index is 0.516. The summed E-state index contributed by atoms with van der Waals surface area (Å²) in [5.41, 5.74) is 2.77. The number of benzene rings is 1. The van der Waals surface area contributed by atoms with Crippen molar-refractivity contribution in [3.63, 3.8) is 0 Å². The Bertz CT molecular complexity index is 582. The second-order valence-electron chi connectivity index (χ2n) is 6.42. The first-order chi connectivity index (χ1) is 10.2. The van der Waals surface area contributed by atoms with E-state index in [4.69, 9.17) is 4.74 Å². The van der Waals surface area contributed by atoms with Gasteiger partial charge in [0.1, 0.15) is 0 Å². The van der Waals surface area contributed by atoms with Gasteiger partial charge in [-0.15, -0.1) is 0 Å². The zero-order chi connectivity index (χ0) is 14.7. The first kappa shape index (κ1) is 14.6. The lowest BCUT2D eigenvalue weighted by molar-refractivity contribution is 0.0616. The lowest BCUT2D eigenvalue weighted by Gasteiger charge is -2.22. The fraction of sp³-hybridized carbons (Fsp3) is 0.556. The molecule has 1 aliphatic heterocycles. The zero-order valence-electron chi connectivity index (χ0n) is 13.1. The molecule has 0 aliphatic carbocycles. The second-order valence-corrected chi connectivity index (χ2v) is 6.42. The third-order valence-corrected chi connectivity index (χ3v) is 4.37. The smallest absolute Gasteiger partial charge is 0.0483 e. The van der Waals surface area contributed by atoms with E-state index in [1.165, 1.54) is 29.3 Å². The highest BCUT2D eigenvalue weighted by Gasteiger charge is 2.16. The second kappa shape index (κ2) is 6.63. The van der Waals surface area contributed by atoms with Crippen LogP contribution in [0.15, 0.2) is 30.5 Å². The van der Waals surface area contributed by atoms with Gasteiger partial charge in [-0.3, -0.25) is 0 Å². The van der Waals surface area contributed by atoms with Crippen LogP contribution in [0, 0.1) is 5.92 Å². The van der Waals surface area contributed by atoms with Gasteiger partial charge in [0.2, 0.25) is 0 Å². The van der Waals surface area contributed by atoms with Crippen molar-refractivity contribution < 1.29 is 4.74 Å². The molecule has 0 spiro atoms. The van der Waals surface area contributed by atoms with Crippen LogP contribution in [0.5, 0.6) is 0 Å². The van der Waals surface area contributed by atoms with E-state index >= 15 is 0 Å². The number of hydrogen-bond acceptors (Lipinski definition) is 2. The summed E-state index contributed by atoms with van der Waals surface area (Å²) < 4.78 is 7.92. The predicted octanol–water partition coefficient (Wildman–Crippen LogP) is 3.57. The molecule has 3 rings (SSSR count). The fourth-order valence-electron chi connectivity index (χ4n) is 3.14. The summed E-state index contributed by atoms with van der Waals surface area (Å²) in [5.74, 6) is 0.750. The van der Waals surface area contributed by atoms with Gasteiger partial charge in [-0.25, -0.2) is 0 Å². The Labute approximate surface area is 127 Å². The SMILES string of the molecule is CC(C)NCc1cn(CC2CCOCC2)c2ccccc12. The average molecular weight is 286 g/mol. The van der Waals surface area contributed by atoms with Gasteiger partial charge in [-0.05, 0) is 30.4 Å². The van der Waals surface area contributed by atoms with Crippen LogP contribution < -0.4 is 5.32 Å². The van der Waals surface area contributed by atoms with E-state index in [9.17, 15) is 0 Å². The summed E-state index contributed by atoms with van der Waals surface area (Å²) in [6, 6.07) is 9.28. The molecule has 21 heavy (non-hydrogen) atoms. The number of hydrogen-bond donors (Lipinski definition) is 1. The van der Waals surface area contributed by atoms with Crippen molar-refractivity contribution in [2.24, 2.45) is 5.92 Å². The van der Waals surface area contributed by atoms with Crippen LogP contribution in [0.1, 0.15) is 32.3 Å². The van der Waals surface area contributed by atoms with Crippen LogP contribution in [0.25, 0.3) is 10.9 Å². The summed E-state index contributed by atoms with van der Waals surface area (Å²) >= 11 is 0. The summed E-state index contributed by atoms with van der Waals surface area (Å²) in [5, 5.41) is 4.92. The Balaban J connectivity index is 1.83. The molecule has 1 saturated heterocycles. The van der Waals surface area contributed by atoms with E-state index in [2.05, 4.69) is 54.2 Å². The van der Waals surface area contributed by atoms with Gasteiger partial charge in [-0.1, -0.05) is 32.0 Å². The van der Waals surface area contributed by atoms with E-state index in [1.807, 2.05) is 0 Å².